The van der Waals surface area contributed by atoms with Crippen LogP contribution in [-0.4, -0.2) is 34.8 Å². The molecule has 0 aliphatic carbocycles. The van der Waals surface area contributed by atoms with E-state index < -0.39 is 0 Å². The second-order valence-corrected chi connectivity index (χ2v) is 8.17. The van der Waals surface area contributed by atoms with Gasteiger partial charge in [-0.3, -0.25) is 9.59 Å². The minimum absolute atomic E-state index is 0.0534. The SMILES string of the molecule is CC(C)N(C)C(=O)c1ccc(Cl)c(NC(=O)CCc2ncc(-c3ccccc3Cl)o2)c1. The van der Waals surface area contributed by atoms with E-state index in [1.807, 2.05) is 32.0 Å². The van der Waals surface area contributed by atoms with E-state index in [-0.39, 0.29) is 24.3 Å². The first-order valence-corrected chi connectivity index (χ1v) is 10.6. The van der Waals surface area contributed by atoms with Gasteiger partial charge in [0.15, 0.2) is 11.7 Å². The summed E-state index contributed by atoms with van der Waals surface area (Å²) in [5, 5.41) is 3.68. The summed E-state index contributed by atoms with van der Waals surface area (Å²) >= 11 is 12.4. The number of anilines is 1. The maximum atomic E-state index is 12.5. The van der Waals surface area contributed by atoms with E-state index in [4.69, 9.17) is 27.6 Å². The summed E-state index contributed by atoms with van der Waals surface area (Å²) in [6.07, 6.45) is 2.04. The number of hydrogen-bond acceptors (Lipinski definition) is 4. The fraction of sp³-hybridized carbons (Fsp3) is 0.261. The van der Waals surface area contributed by atoms with Crippen LogP contribution in [0.25, 0.3) is 11.3 Å². The second kappa shape index (κ2) is 9.98. The molecule has 0 spiro atoms. The van der Waals surface area contributed by atoms with Crippen LogP contribution >= 0.6 is 23.2 Å². The van der Waals surface area contributed by atoms with Gasteiger partial charge in [-0.05, 0) is 44.2 Å². The number of rotatable bonds is 7. The lowest BCUT2D eigenvalue weighted by atomic mass is 10.1. The van der Waals surface area contributed by atoms with E-state index in [2.05, 4.69) is 10.3 Å². The minimum atomic E-state index is -0.263. The van der Waals surface area contributed by atoms with Gasteiger partial charge in [-0.15, -0.1) is 0 Å². The van der Waals surface area contributed by atoms with Crippen molar-refractivity contribution in [2.45, 2.75) is 32.7 Å². The zero-order valence-electron chi connectivity index (χ0n) is 17.5. The Kier molecular flexibility index (Phi) is 7.36. The van der Waals surface area contributed by atoms with E-state index in [0.717, 1.165) is 5.56 Å². The zero-order valence-corrected chi connectivity index (χ0v) is 19.0. The summed E-state index contributed by atoms with van der Waals surface area (Å²) < 4.78 is 5.72. The van der Waals surface area contributed by atoms with Gasteiger partial charge in [0.25, 0.3) is 5.91 Å². The number of carbonyl (C=O) groups excluding carboxylic acids is 2. The normalized spacial score (nSPS) is 10.9. The Labute approximate surface area is 191 Å². The summed E-state index contributed by atoms with van der Waals surface area (Å²) in [4.78, 5) is 30.8. The molecular formula is C23H23Cl2N3O3. The van der Waals surface area contributed by atoms with Gasteiger partial charge < -0.3 is 14.6 Å². The monoisotopic (exact) mass is 459 g/mol. The predicted octanol–water partition coefficient (Wildman–Crippen LogP) is 5.70. The number of nitrogens with one attached hydrogen (secondary N) is 1. The molecule has 1 heterocycles. The van der Waals surface area contributed by atoms with E-state index in [1.54, 1.807) is 42.4 Å². The van der Waals surface area contributed by atoms with Crippen molar-refractivity contribution in [2.75, 3.05) is 12.4 Å². The lowest BCUT2D eigenvalue weighted by Gasteiger charge is -2.22. The average molecular weight is 460 g/mol. The van der Waals surface area contributed by atoms with Crippen molar-refractivity contribution in [3.63, 3.8) is 0 Å². The molecule has 1 N–H and O–H groups in total. The number of hydrogen-bond donors (Lipinski definition) is 1. The zero-order chi connectivity index (χ0) is 22.5. The van der Waals surface area contributed by atoms with Gasteiger partial charge in [-0.2, -0.15) is 0 Å². The molecular weight excluding hydrogens is 437 g/mol. The van der Waals surface area contributed by atoms with Crippen molar-refractivity contribution in [2.24, 2.45) is 0 Å². The first kappa shape index (κ1) is 22.8. The molecule has 0 atom stereocenters. The van der Waals surface area contributed by atoms with Crippen LogP contribution in [0, 0.1) is 0 Å². The highest BCUT2D eigenvalue weighted by molar-refractivity contribution is 6.34. The molecule has 0 saturated carbocycles. The summed E-state index contributed by atoms with van der Waals surface area (Å²) in [7, 11) is 1.73. The van der Waals surface area contributed by atoms with Crippen LogP contribution in [0.4, 0.5) is 5.69 Å². The van der Waals surface area contributed by atoms with Crippen LogP contribution in [-0.2, 0) is 11.2 Å². The highest BCUT2D eigenvalue weighted by Crippen LogP contribution is 2.28. The maximum absolute atomic E-state index is 12.5. The summed E-state index contributed by atoms with van der Waals surface area (Å²) in [6, 6.07) is 12.2. The Morgan fingerprint density at radius 3 is 2.58 bits per heavy atom. The molecule has 3 aromatic rings. The van der Waals surface area contributed by atoms with Crippen LogP contribution in [0.5, 0.6) is 0 Å². The molecule has 6 nitrogen and oxygen atoms in total. The second-order valence-electron chi connectivity index (χ2n) is 7.35. The third kappa shape index (κ3) is 5.66. The van der Waals surface area contributed by atoms with Gasteiger partial charge in [0.05, 0.1) is 21.9 Å². The van der Waals surface area contributed by atoms with Crippen molar-refractivity contribution in [1.29, 1.82) is 0 Å². The Balaban J connectivity index is 1.63. The molecule has 162 valence electrons. The van der Waals surface area contributed by atoms with E-state index in [0.29, 0.717) is 39.4 Å². The Morgan fingerprint density at radius 2 is 1.87 bits per heavy atom. The molecule has 0 aliphatic heterocycles. The first-order chi connectivity index (χ1) is 14.8. The van der Waals surface area contributed by atoms with Crippen LogP contribution in [0.2, 0.25) is 10.0 Å². The number of oxazole rings is 1. The van der Waals surface area contributed by atoms with Crippen LogP contribution in [0.3, 0.4) is 0 Å². The van der Waals surface area contributed by atoms with Crippen molar-refractivity contribution in [1.82, 2.24) is 9.88 Å². The summed E-state index contributed by atoms with van der Waals surface area (Å²) in [5.41, 5.74) is 1.58. The van der Waals surface area contributed by atoms with Gasteiger partial charge in [-0.1, -0.05) is 35.3 Å². The number of nitrogens with zero attached hydrogens (tertiary/aromatic N) is 2. The molecule has 0 bridgehead atoms. The molecule has 0 aliphatic rings. The number of aromatic nitrogens is 1. The number of benzene rings is 2. The minimum Gasteiger partial charge on any atom is -0.441 e. The lowest BCUT2D eigenvalue weighted by molar-refractivity contribution is -0.116. The van der Waals surface area contributed by atoms with Gasteiger partial charge in [0.1, 0.15) is 0 Å². The summed E-state index contributed by atoms with van der Waals surface area (Å²) in [6.45, 7) is 3.85. The molecule has 0 saturated heterocycles. The third-order valence-electron chi connectivity index (χ3n) is 4.84. The molecule has 0 fully saturated rings. The standard InChI is InChI=1S/C23H23Cl2N3O3/c1-14(2)28(3)23(30)15-8-9-18(25)19(12-15)27-21(29)10-11-22-26-13-20(31-22)16-6-4-5-7-17(16)24/h4-9,12-14H,10-11H2,1-3H3,(H,27,29). The van der Waals surface area contributed by atoms with Crippen LogP contribution in [0.1, 0.15) is 36.5 Å². The van der Waals surface area contributed by atoms with Crippen molar-refractivity contribution in [3.8, 4) is 11.3 Å². The molecule has 1 aromatic heterocycles. The largest absolute Gasteiger partial charge is 0.441 e. The van der Waals surface area contributed by atoms with Gasteiger partial charge in [0.2, 0.25) is 5.91 Å². The van der Waals surface area contributed by atoms with Gasteiger partial charge >= 0.3 is 0 Å². The van der Waals surface area contributed by atoms with E-state index in [1.165, 1.54) is 0 Å². The smallest absolute Gasteiger partial charge is 0.253 e. The average Bonchev–Trinajstić information content (AvgIpc) is 3.22. The summed E-state index contributed by atoms with van der Waals surface area (Å²) in [5.74, 6) is 0.568. The first-order valence-electron chi connectivity index (χ1n) is 9.82. The molecule has 0 radical (unpaired) electrons. The Hall–Kier alpha value is -2.83. The quantitative estimate of drug-likeness (QED) is 0.491. The molecule has 2 aromatic carbocycles. The highest BCUT2D eigenvalue weighted by Gasteiger charge is 2.17. The topological polar surface area (TPSA) is 75.4 Å². The number of aryl methyl sites for hydroxylation is 1. The molecule has 3 rings (SSSR count). The Morgan fingerprint density at radius 1 is 1.13 bits per heavy atom. The maximum Gasteiger partial charge on any atom is 0.253 e. The molecule has 8 heteroatoms. The van der Waals surface area contributed by atoms with Gasteiger partial charge in [-0.25, -0.2) is 4.98 Å². The number of halogens is 2. The predicted molar refractivity (Wildman–Crippen MR) is 123 cm³/mol. The van der Waals surface area contributed by atoms with Crippen LogP contribution in [0.15, 0.2) is 53.1 Å². The van der Waals surface area contributed by atoms with Gasteiger partial charge in [0, 0.05) is 37.1 Å². The van der Waals surface area contributed by atoms with Crippen molar-refractivity contribution >= 4 is 40.7 Å². The molecule has 2 amide bonds. The van der Waals surface area contributed by atoms with Crippen LogP contribution < -0.4 is 5.32 Å². The number of carbonyl (C=O) groups is 2. The Bertz CT molecular complexity index is 1100. The highest BCUT2D eigenvalue weighted by atomic mass is 35.5. The molecule has 31 heavy (non-hydrogen) atoms. The van der Waals surface area contributed by atoms with Crippen molar-refractivity contribution < 1.29 is 14.0 Å². The fourth-order valence-corrected chi connectivity index (χ4v) is 3.23. The third-order valence-corrected chi connectivity index (χ3v) is 5.50. The van der Waals surface area contributed by atoms with Crippen molar-refractivity contribution in [3.05, 3.63) is 70.2 Å². The fourth-order valence-electron chi connectivity index (χ4n) is 2.84. The molecule has 0 unspecified atom stereocenters. The van der Waals surface area contributed by atoms with E-state index >= 15 is 0 Å². The van der Waals surface area contributed by atoms with E-state index in [9.17, 15) is 9.59 Å². The lowest BCUT2D eigenvalue weighted by Crippen LogP contribution is -2.33. The number of amides is 2.